The fourth-order valence-electron chi connectivity index (χ4n) is 2.81. The van der Waals surface area contributed by atoms with E-state index in [4.69, 9.17) is 4.42 Å². The predicted octanol–water partition coefficient (Wildman–Crippen LogP) is 5.24. The molecular formula is C20H14O2S. The van der Waals surface area contributed by atoms with E-state index in [0.717, 1.165) is 27.5 Å². The molecule has 1 heterocycles. The zero-order valence-electron chi connectivity index (χ0n) is 12.4. The molecule has 0 unspecified atom stereocenters. The highest BCUT2D eigenvalue weighted by Crippen LogP contribution is 2.31. The van der Waals surface area contributed by atoms with Gasteiger partial charge in [0.05, 0.1) is 0 Å². The lowest BCUT2D eigenvalue weighted by Gasteiger charge is -2.08. The Bertz CT molecular complexity index is 1040. The van der Waals surface area contributed by atoms with Crippen LogP contribution in [0.25, 0.3) is 21.7 Å². The summed E-state index contributed by atoms with van der Waals surface area (Å²) in [5.74, 6) is 0.736. The largest absolute Gasteiger partial charge is 0.423 e. The van der Waals surface area contributed by atoms with Gasteiger partial charge in [0.1, 0.15) is 5.58 Å². The predicted molar refractivity (Wildman–Crippen MR) is 96.0 cm³/mol. The van der Waals surface area contributed by atoms with Crippen LogP contribution in [0.5, 0.6) is 0 Å². The highest BCUT2D eigenvalue weighted by Gasteiger charge is 2.10. The molecule has 0 saturated carbocycles. The summed E-state index contributed by atoms with van der Waals surface area (Å²) in [7, 11) is 0. The Labute approximate surface area is 137 Å². The summed E-state index contributed by atoms with van der Waals surface area (Å²) in [6.07, 6.45) is 0. The van der Waals surface area contributed by atoms with Gasteiger partial charge in [0.15, 0.2) is 0 Å². The number of thioether (sulfide) groups is 1. The zero-order chi connectivity index (χ0) is 15.6. The third-order valence-electron chi connectivity index (χ3n) is 3.85. The minimum absolute atomic E-state index is 0.295. The number of fused-ring (bicyclic) bond motifs is 3. The quantitative estimate of drug-likeness (QED) is 0.294. The van der Waals surface area contributed by atoms with Gasteiger partial charge in [0, 0.05) is 22.1 Å². The molecule has 0 aliphatic carbocycles. The van der Waals surface area contributed by atoms with E-state index in [0.29, 0.717) is 5.58 Å². The van der Waals surface area contributed by atoms with Crippen molar-refractivity contribution < 1.29 is 4.42 Å². The zero-order valence-corrected chi connectivity index (χ0v) is 13.2. The summed E-state index contributed by atoms with van der Waals surface area (Å²) >= 11 is 1.73. The summed E-state index contributed by atoms with van der Waals surface area (Å²) in [5, 5.41) is 3.31. The Balaban J connectivity index is 1.87. The first kappa shape index (κ1) is 14.1. The van der Waals surface area contributed by atoms with Crippen LogP contribution >= 0.6 is 11.8 Å². The van der Waals surface area contributed by atoms with Gasteiger partial charge >= 0.3 is 5.63 Å². The van der Waals surface area contributed by atoms with E-state index in [9.17, 15) is 4.79 Å². The average Bonchev–Trinajstić information content (AvgIpc) is 2.60. The van der Waals surface area contributed by atoms with E-state index in [-0.39, 0.29) is 5.63 Å². The molecule has 1 aromatic heterocycles. The lowest BCUT2D eigenvalue weighted by molar-refractivity contribution is 0.560. The molecule has 0 atom stereocenters. The topological polar surface area (TPSA) is 30.2 Å². The second kappa shape index (κ2) is 5.94. The maximum absolute atomic E-state index is 11.9. The third-order valence-corrected chi connectivity index (χ3v) is 4.91. The lowest BCUT2D eigenvalue weighted by atomic mass is 10.0. The smallest absolute Gasteiger partial charge is 0.336 e. The Morgan fingerprint density at radius 3 is 2.52 bits per heavy atom. The molecule has 2 nitrogen and oxygen atoms in total. The SMILES string of the molecule is O=c1cc(CSc2ccccc2)c2c(ccc3ccccc32)o1. The number of hydrogen-bond donors (Lipinski definition) is 0. The number of benzene rings is 3. The van der Waals surface area contributed by atoms with Gasteiger partial charge in [-0.25, -0.2) is 4.79 Å². The molecule has 112 valence electrons. The van der Waals surface area contributed by atoms with Gasteiger partial charge in [-0.1, -0.05) is 48.5 Å². The van der Waals surface area contributed by atoms with Gasteiger partial charge in [-0.15, -0.1) is 11.8 Å². The highest BCUT2D eigenvalue weighted by molar-refractivity contribution is 7.98. The van der Waals surface area contributed by atoms with Crippen molar-refractivity contribution in [3.63, 3.8) is 0 Å². The van der Waals surface area contributed by atoms with Crippen LogP contribution < -0.4 is 5.63 Å². The van der Waals surface area contributed by atoms with Crippen molar-refractivity contribution >= 4 is 33.5 Å². The molecular weight excluding hydrogens is 304 g/mol. The molecule has 0 saturated heterocycles. The fraction of sp³-hybridized carbons (Fsp3) is 0.0500. The average molecular weight is 318 g/mol. The maximum Gasteiger partial charge on any atom is 0.336 e. The van der Waals surface area contributed by atoms with Gasteiger partial charge in [0.2, 0.25) is 0 Å². The molecule has 23 heavy (non-hydrogen) atoms. The molecule has 4 aromatic rings. The number of rotatable bonds is 3. The van der Waals surface area contributed by atoms with Crippen LogP contribution in [0, 0.1) is 0 Å². The van der Waals surface area contributed by atoms with Crippen molar-refractivity contribution in [3.05, 3.63) is 88.8 Å². The minimum atomic E-state index is -0.295. The van der Waals surface area contributed by atoms with Crippen molar-refractivity contribution in [1.82, 2.24) is 0 Å². The Kier molecular flexibility index (Phi) is 3.64. The summed E-state index contributed by atoms with van der Waals surface area (Å²) in [4.78, 5) is 13.1. The van der Waals surface area contributed by atoms with E-state index in [1.165, 1.54) is 4.90 Å². The van der Waals surface area contributed by atoms with Crippen LogP contribution in [0.3, 0.4) is 0 Å². The molecule has 0 fully saturated rings. The van der Waals surface area contributed by atoms with E-state index in [1.807, 2.05) is 42.5 Å². The van der Waals surface area contributed by atoms with Crippen molar-refractivity contribution in [2.24, 2.45) is 0 Å². The van der Waals surface area contributed by atoms with Crippen molar-refractivity contribution in [3.8, 4) is 0 Å². The summed E-state index contributed by atoms with van der Waals surface area (Å²) in [6.45, 7) is 0. The molecule has 0 spiro atoms. The van der Waals surface area contributed by atoms with Crippen molar-refractivity contribution in [2.45, 2.75) is 10.6 Å². The normalized spacial score (nSPS) is 11.1. The van der Waals surface area contributed by atoms with Crippen molar-refractivity contribution in [2.75, 3.05) is 0 Å². The van der Waals surface area contributed by atoms with E-state index in [2.05, 4.69) is 24.3 Å². The summed E-state index contributed by atoms with van der Waals surface area (Å²) in [6, 6.07) is 23.9. The Morgan fingerprint density at radius 1 is 0.870 bits per heavy atom. The lowest BCUT2D eigenvalue weighted by Crippen LogP contribution is -2.00. The maximum atomic E-state index is 11.9. The second-order valence-electron chi connectivity index (χ2n) is 5.35. The summed E-state index contributed by atoms with van der Waals surface area (Å²) < 4.78 is 5.40. The Hall–Kier alpha value is -2.52. The first-order valence-corrected chi connectivity index (χ1v) is 8.42. The van der Waals surface area contributed by atoms with Gasteiger partial charge < -0.3 is 4.42 Å². The van der Waals surface area contributed by atoms with E-state index >= 15 is 0 Å². The highest BCUT2D eigenvalue weighted by atomic mass is 32.2. The van der Waals surface area contributed by atoms with E-state index < -0.39 is 0 Å². The van der Waals surface area contributed by atoms with Crippen LogP contribution in [-0.2, 0) is 5.75 Å². The Morgan fingerprint density at radius 2 is 1.65 bits per heavy atom. The molecule has 4 rings (SSSR count). The fourth-order valence-corrected chi connectivity index (χ4v) is 3.71. The van der Waals surface area contributed by atoms with Gasteiger partial charge in [-0.2, -0.15) is 0 Å². The standard InChI is InChI=1S/C20H14O2S/c21-19-12-15(13-23-16-7-2-1-3-8-16)20-17-9-5-4-6-14(17)10-11-18(20)22-19/h1-12H,13H2. The second-order valence-corrected chi connectivity index (χ2v) is 6.40. The van der Waals surface area contributed by atoms with Gasteiger partial charge in [0.25, 0.3) is 0 Å². The van der Waals surface area contributed by atoms with Crippen LogP contribution in [0.15, 0.2) is 86.9 Å². The summed E-state index contributed by atoms with van der Waals surface area (Å²) in [5.41, 5.74) is 1.37. The molecule has 3 heteroatoms. The molecule has 0 N–H and O–H groups in total. The number of hydrogen-bond acceptors (Lipinski definition) is 3. The van der Waals surface area contributed by atoms with Gasteiger partial charge in [-0.3, -0.25) is 0 Å². The van der Waals surface area contributed by atoms with Gasteiger partial charge in [-0.05, 0) is 34.5 Å². The molecule has 0 aliphatic heterocycles. The van der Waals surface area contributed by atoms with Crippen LogP contribution in [0.2, 0.25) is 0 Å². The van der Waals surface area contributed by atoms with Crippen molar-refractivity contribution in [1.29, 1.82) is 0 Å². The molecule has 0 amide bonds. The monoisotopic (exact) mass is 318 g/mol. The third kappa shape index (κ3) is 2.76. The van der Waals surface area contributed by atoms with E-state index in [1.54, 1.807) is 17.8 Å². The molecule has 0 radical (unpaired) electrons. The first-order valence-electron chi connectivity index (χ1n) is 7.43. The first-order chi connectivity index (χ1) is 11.3. The molecule has 3 aromatic carbocycles. The molecule has 0 bridgehead atoms. The minimum Gasteiger partial charge on any atom is -0.423 e. The van der Waals surface area contributed by atoms with Crippen LogP contribution in [0.1, 0.15) is 5.56 Å². The molecule has 0 aliphatic rings. The van der Waals surface area contributed by atoms with Crippen LogP contribution in [-0.4, -0.2) is 0 Å². The van der Waals surface area contributed by atoms with Crippen LogP contribution in [0.4, 0.5) is 0 Å².